The number of likely N-dealkylation sites (tertiary alicyclic amines) is 1. The van der Waals surface area contributed by atoms with Crippen molar-refractivity contribution in [2.75, 3.05) is 13.1 Å². The summed E-state index contributed by atoms with van der Waals surface area (Å²) < 4.78 is 5.00. The highest BCUT2D eigenvalue weighted by molar-refractivity contribution is 5.94. The Bertz CT molecular complexity index is 689. The molecule has 1 amide bonds. The van der Waals surface area contributed by atoms with E-state index in [1.165, 1.54) is 0 Å². The van der Waals surface area contributed by atoms with Crippen LogP contribution in [-0.2, 0) is 0 Å². The van der Waals surface area contributed by atoms with Crippen molar-refractivity contribution in [1.29, 1.82) is 0 Å². The van der Waals surface area contributed by atoms with Gasteiger partial charge in [0, 0.05) is 25.0 Å². The summed E-state index contributed by atoms with van der Waals surface area (Å²) in [4.78, 5) is 29.4. The molecule has 3 heterocycles. The summed E-state index contributed by atoms with van der Waals surface area (Å²) in [7, 11) is 0. The normalized spacial score (nSPS) is 18.7. The standard InChI is InChI=1S/C14H16N4O3/c1-9-4-5-10(7-15-9)13(19)18-6-2-3-11(8-18)12-16-17-14(20)21-12/h4-5,7,11H,2-3,6,8H2,1H3,(H,17,20). The van der Waals surface area contributed by atoms with E-state index in [1.54, 1.807) is 17.2 Å². The first kappa shape index (κ1) is 13.5. The molecule has 0 aromatic carbocycles. The maximum absolute atomic E-state index is 12.5. The van der Waals surface area contributed by atoms with E-state index in [2.05, 4.69) is 15.2 Å². The second-order valence-corrected chi connectivity index (χ2v) is 5.23. The first-order valence-corrected chi connectivity index (χ1v) is 6.91. The van der Waals surface area contributed by atoms with Crippen LogP contribution in [-0.4, -0.2) is 39.1 Å². The molecule has 2 aromatic heterocycles. The number of carbonyl (C=O) groups is 1. The number of nitrogens with one attached hydrogen (secondary N) is 1. The van der Waals surface area contributed by atoms with Gasteiger partial charge in [0.05, 0.1) is 11.5 Å². The zero-order chi connectivity index (χ0) is 14.8. The van der Waals surface area contributed by atoms with Crippen molar-refractivity contribution in [2.24, 2.45) is 0 Å². The van der Waals surface area contributed by atoms with E-state index in [0.29, 0.717) is 24.5 Å². The minimum atomic E-state index is -0.559. The number of rotatable bonds is 2. The van der Waals surface area contributed by atoms with Crippen LogP contribution in [0.15, 0.2) is 27.5 Å². The molecule has 0 saturated carbocycles. The van der Waals surface area contributed by atoms with Crippen LogP contribution in [0.4, 0.5) is 0 Å². The van der Waals surface area contributed by atoms with Gasteiger partial charge in [-0.3, -0.25) is 9.78 Å². The van der Waals surface area contributed by atoms with Crippen LogP contribution in [0.25, 0.3) is 0 Å². The maximum atomic E-state index is 12.5. The van der Waals surface area contributed by atoms with Gasteiger partial charge in [-0.05, 0) is 31.9 Å². The summed E-state index contributed by atoms with van der Waals surface area (Å²) in [6, 6.07) is 3.60. The lowest BCUT2D eigenvalue weighted by atomic mass is 9.97. The Morgan fingerprint density at radius 3 is 3.00 bits per heavy atom. The van der Waals surface area contributed by atoms with Gasteiger partial charge in [0.25, 0.3) is 5.91 Å². The first-order valence-electron chi connectivity index (χ1n) is 6.91. The van der Waals surface area contributed by atoms with Gasteiger partial charge in [-0.2, -0.15) is 0 Å². The van der Waals surface area contributed by atoms with Crippen molar-refractivity contribution in [3.05, 3.63) is 46.0 Å². The van der Waals surface area contributed by atoms with Gasteiger partial charge in [-0.1, -0.05) is 0 Å². The van der Waals surface area contributed by atoms with E-state index in [0.717, 1.165) is 18.5 Å². The van der Waals surface area contributed by atoms with Crippen molar-refractivity contribution >= 4 is 5.91 Å². The lowest BCUT2D eigenvalue weighted by molar-refractivity contribution is 0.0697. The van der Waals surface area contributed by atoms with Gasteiger partial charge in [-0.15, -0.1) is 5.10 Å². The lowest BCUT2D eigenvalue weighted by Gasteiger charge is -2.31. The molecule has 1 aliphatic rings. The highest BCUT2D eigenvalue weighted by atomic mass is 16.4. The second-order valence-electron chi connectivity index (χ2n) is 5.23. The van der Waals surface area contributed by atoms with Gasteiger partial charge >= 0.3 is 5.76 Å². The summed E-state index contributed by atoms with van der Waals surface area (Å²) in [5.41, 5.74) is 1.45. The fourth-order valence-corrected chi connectivity index (χ4v) is 2.56. The molecule has 21 heavy (non-hydrogen) atoms. The zero-order valence-electron chi connectivity index (χ0n) is 11.7. The van der Waals surface area contributed by atoms with Gasteiger partial charge in [0.1, 0.15) is 0 Å². The Morgan fingerprint density at radius 1 is 1.48 bits per heavy atom. The highest BCUT2D eigenvalue weighted by Crippen LogP contribution is 2.25. The van der Waals surface area contributed by atoms with E-state index in [-0.39, 0.29) is 11.8 Å². The van der Waals surface area contributed by atoms with Crippen LogP contribution in [0.2, 0.25) is 0 Å². The highest BCUT2D eigenvalue weighted by Gasteiger charge is 2.28. The van der Waals surface area contributed by atoms with Crippen molar-refractivity contribution < 1.29 is 9.21 Å². The molecule has 0 aliphatic carbocycles. The molecule has 1 atom stereocenters. The molecule has 0 spiro atoms. The monoisotopic (exact) mass is 288 g/mol. The van der Waals surface area contributed by atoms with Crippen molar-refractivity contribution in [2.45, 2.75) is 25.7 Å². The predicted molar refractivity (Wildman–Crippen MR) is 74.0 cm³/mol. The minimum absolute atomic E-state index is 0.0416. The SMILES string of the molecule is Cc1ccc(C(=O)N2CCCC(c3n[nH]c(=O)o3)C2)cn1. The van der Waals surface area contributed by atoms with Gasteiger partial charge in [0.15, 0.2) is 0 Å². The quantitative estimate of drug-likeness (QED) is 0.893. The Labute approximate surface area is 121 Å². The van der Waals surface area contributed by atoms with Crippen LogP contribution in [0, 0.1) is 6.92 Å². The number of piperidine rings is 1. The van der Waals surface area contributed by atoms with Crippen LogP contribution in [0.5, 0.6) is 0 Å². The number of H-pyrrole nitrogens is 1. The van der Waals surface area contributed by atoms with Crippen LogP contribution < -0.4 is 5.76 Å². The summed E-state index contributed by atoms with van der Waals surface area (Å²) in [6.07, 6.45) is 3.30. The average Bonchev–Trinajstić information content (AvgIpc) is 2.94. The number of aromatic amines is 1. The summed E-state index contributed by atoms with van der Waals surface area (Å²) in [5, 5.41) is 6.13. The number of aryl methyl sites for hydroxylation is 1. The summed E-state index contributed by atoms with van der Waals surface area (Å²) in [6.45, 7) is 3.07. The number of nitrogens with zero attached hydrogens (tertiary/aromatic N) is 3. The molecule has 7 heteroatoms. The van der Waals surface area contributed by atoms with E-state index in [9.17, 15) is 9.59 Å². The fourth-order valence-electron chi connectivity index (χ4n) is 2.56. The molecule has 2 aromatic rings. The number of aromatic nitrogens is 3. The molecule has 0 radical (unpaired) electrons. The molecule has 1 aliphatic heterocycles. The van der Waals surface area contributed by atoms with E-state index >= 15 is 0 Å². The molecule has 7 nitrogen and oxygen atoms in total. The Morgan fingerprint density at radius 2 is 2.33 bits per heavy atom. The predicted octanol–water partition coefficient (Wildman–Crippen LogP) is 1.09. The molecule has 110 valence electrons. The van der Waals surface area contributed by atoms with Crippen LogP contribution >= 0.6 is 0 Å². The third-order valence-corrected chi connectivity index (χ3v) is 3.67. The van der Waals surface area contributed by atoms with E-state index in [4.69, 9.17) is 4.42 Å². The molecule has 3 rings (SSSR count). The van der Waals surface area contributed by atoms with Gasteiger partial charge in [-0.25, -0.2) is 9.89 Å². The lowest BCUT2D eigenvalue weighted by Crippen LogP contribution is -2.39. The number of hydrogen-bond acceptors (Lipinski definition) is 5. The molecule has 1 unspecified atom stereocenters. The molecular formula is C14H16N4O3. The smallest absolute Gasteiger partial charge is 0.392 e. The average molecular weight is 288 g/mol. The number of carbonyl (C=O) groups excluding carboxylic acids is 1. The summed E-state index contributed by atoms with van der Waals surface area (Å²) in [5.74, 6) is -0.277. The Kier molecular flexibility index (Phi) is 3.55. The first-order chi connectivity index (χ1) is 10.1. The van der Waals surface area contributed by atoms with Gasteiger partial charge < -0.3 is 9.32 Å². The van der Waals surface area contributed by atoms with E-state index in [1.807, 2.05) is 13.0 Å². The molecule has 1 fully saturated rings. The van der Waals surface area contributed by atoms with Crippen molar-refractivity contribution in [1.82, 2.24) is 20.1 Å². The largest absolute Gasteiger partial charge is 0.434 e. The van der Waals surface area contributed by atoms with Gasteiger partial charge in [0.2, 0.25) is 5.89 Å². The fraction of sp³-hybridized carbons (Fsp3) is 0.429. The topological polar surface area (TPSA) is 92.1 Å². The number of pyridine rings is 1. The minimum Gasteiger partial charge on any atom is -0.392 e. The number of hydrogen-bond donors (Lipinski definition) is 1. The van der Waals surface area contributed by atoms with Crippen LogP contribution in [0.1, 0.15) is 40.7 Å². The molecule has 1 saturated heterocycles. The van der Waals surface area contributed by atoms with Crippen molar-refractivity contribution in [3.8, 4) is 0 Å². The third-order valence-electron chi connectivity index (χ3n) is 3.67. The summed E-state index contributed by atoms with van der Waals surface area (Å²) >= 11 is 0. The zero-order valence-corrected chi connectivity index (χ0v) is 11.7. The number of amides is 1. The molecule has 0 bridgehead atoms. The Balaban J connectivity index is 1.75. The van der Waals surface area contributed by atoms with E-state index < -0.39 is 5.76 Å². The van der Waals surface area contributed by atoms with Crippen molar-refractivity contribution in [3.63, 3.8) is 0 Å². The Hall–Kier alpha value is -2.44. The van der Waals surface area contributed by atoms with Crippen LogP contribution in [0.3, 0.4) is 0 Å². The molecule has 1 N–H and O–H groups in total. The second kappa shape index (κ2) is 5.51. The maximum Gasteiger partial charge on any atom is 0.434 e. The molecular weight excluding hydrogens is 272 g/mol. The third kappa shape index (κ3) is 2.86.